The van der Waals surface area contributed by atoms with Crippen molar-refractivity contribution in [2.24, 2.45) is 0 Å². The van der Waals surface area contributed by atoms with Crippen molar-refractivity contribution in [1.29, 1.82) is 0 Å². The highest BCUT2D eigenvalue weighted by molar-refractivity contribution is 6.08. The zero-order valence-corrected chi connectivity index (χ0v) is 31.1. The first-order valence-electron chi connectivity index (χ1n) is 17.1. The van der Waals surface area contributed by atoms with Crippen LogP contribution in [0.2, 0.25) is 0 Å². The molecule has 276 valence electrons. The fourth-order valence-corrected chi connectivity index (χ4v) is 5.75. The fourth-order valence-electron chi connectivity index (χ4n) is 5.75. The van der Waals surface area contributed by atoms with Crippen LogP contribution in [-0.2, 0) is 21.4 Å². The van der Waals surface area contributed by atoms with Gasteiger partial charge in [0.1, 0.15) is 17.1 Å². The number of pyridine rings is 1. The number of carbonyl (C=O) groups excluding carboxylic acids is 3. The topological polar surface area (TPSA) is 144 Å². The first-order chi connectivity index (χ1) is 24.6. The Morgan fingerprint density at radius 2 is 1.44 bits per heavy atom. The van der Waals surface area contributed by atoms with Gasteiger partial charge >= 0.3 is 18.2 Å². The van der Waals surface area contributed by atoms with Crippen molar-refractivity contribution >= 4 is 46.1 Å². The largest absolute Gasteiger partial charge is 0.492 e. The van der Waals surface area contributed by atoms with Gasteiger partial charge in [0.05, 0.1) is 37.0 Å². The zero-order chi connectivity index (χ0) is 37.6. The third-order valence-corrected chi connectivity index (χ3v) is 8.39. The van der Waals surface area contributed by atoms with E-state index in [0.29, 0.717) is 61.3 Å². The zero-order valence-electron chi connectivity index (χ0n) is 31.1. The number of methoxy groups -OCH3 is 2. The molecule has 0 unspecified atom stereocenters. The molecule has 0 aliphatic carbocycles. The Bertz CT molecular complexity index is 1930. The number of nitrogens with one attached hydrogen (secondary N) is 3. The van der Waals surface area contributed by atoms with Gasteiger partial charge in [0.2, 0.25) is 0 Å². The van der Waals surface area contributed by atoms with Gasteiger partial charge < -0.3 is 34.5 Å². The highest BCUT2D eigenvalue weighted by Gasteiger charge is 2.26. The Balaban J connectivity index is 1.29. The van der Waals surface area contributed by atoms with Crippen LogP contribution in [-0.4, -0.2) is 79.0 Å². The van der Waals surface area contributed by atoms with E-state index in [-0.39, 0.29) is 17.3 Å². The van der Waals surface area contributed by atoms with Crippen LogP contribution >= 0.6 is 0 Å². The van der Waals surface area contributed by atoms with Gasteiger partial charge in [0.25, 0.3) is 0 Å². The molecule has 0 radical (unpaired) electrons. The lowest BCUT2D eigenvalue weighted by molar-refractivity contribution is 0.0138. The number of carbonyl (C=O) groups is 3. The summed E-state index contributed by atoms with van der Waals surface area (Å²) < 4.78 is 22.3. The normalized spacial score (nSPS) is 13.7. The highest BCUT2D eigenvalue weighted by Crippen LogP contribution is 2.39. The minimum Gasteiger partial charge on any atom is -0.492 e. The quantitative estimate of drug-likeness (QED) is 0.165. The maximum Gasteiger partial charge on any atom is 0.411 e. The number of fused-ring (bicyclic) bond motifs is 1. The monoisotopic (exact) mass is 712 g/mol. The SMILES string of the molecule is COC(=O)Nc1cc(C(C)(C)C)cc(NC(=O)Nc2ccc(Oc3ccnc(CN4CCN(C(=O)OC(C)(C)C)CC4)c3)c3ccccc23)c1OC. The standard InChI is InChI=1S/C39H48N6O7/c1-38(2,3)25-21-31(34(49-7)32(22-25)43-36(47)50-8)42-35(46)41-30-13-14-33(29-12-10-9-11-28(29)30)51-27-15-16-40-26(23-27)24-44-17-19-45(20-18-44)37(48)52-39(4,5)6/h9-16,21-23H,17-20,24H2,1-8H3,(H,43,47)(H2,41,42,46). The molecule has 3 aromatic carbocycles. The third-order valence-electron chi connectivity index (χ3n) is 8.39. The Morgan fingerprint density at radius 1 is 0.788 bits per heavy atom. The smallest absolute Gasteiger partial charge is 0.411 e. The number of piperazine rings is 1. The van der Waals surface area contributed by atoms with E-state index in [2.05, 4.69) is 25.8 Å². The number of amides is 4. The molecule has 1 fully saturated rings. The maximum atomic E-state index is 13.5. The minimum absolute atomic E-state index is 0.280. The van der Waals surface area contributed by atoms with E-state index in [9.17, 15) is 14.4 Å². The van der Waals surface area contributed by atoms with Crippen LogP contribution in [0, 0.1) is 0 Å². The van der Waals surface area contributed by atoms with Gasteiger partial charge in [-0.3, -0.25) is 15.2 Å². The molecule has 1 aromatic heterocycles. The molecule has 4 aromatic rings. The molecule has 0 saturated carbocycles. The number of hydrogen-bond acceptors (Lipinski definition) is 9. The second-order valence-corrected chi connectivity index (χ2v) is 14.5. The predicted octanol–water partition coefficient (Wildman–Crippen LogP) is 8.21. The molecule has 13 heteroatoms. The lowest BCUT2D eigenvalue weighted by atomic mass is 9.86. The molecular formula is C39H48N6O7. The number of aromatic nitrogens is 1. The molecular weight excluding hydrogens is 664 g/mol. The number of benzene rings is 3. The predicted molar refractivity (Wildman–Crippen MR) is 202 cm³/mol. The van der Waals surface area contributed by atoms with E-state index in [4.69, 9.17) is 18.9 Å². The summed E-state index contributed by atoms with van der Waals surface area (Å²) in [5.41, 5.74) is 2.19. The number of anilines is 3. The first kappa shape index (κ1) is 37.7. The number of rotatable bonds is 8. The van der Waals surface area contributed by atoms with Crippen LogP contribution in [0.15, 0.2) is 66.9 Å². The second-order valence-electron chi connectivity index (χ2n) is 14.5. The first-order valence-corrected chi connectivity index (χ1v) is 17.1. The van der Waals surface area contributed by atoms with Crippen molar-refractivity contribution in [2.45, 2.75) is 59.1 Å². The van der Waals surface area contributed by atoms with Crippen molar-refractivity contribution in [3.8, 4) is 17.2 Å². The molecule has 13 nitrogen and oxygen atoms in total. The average molecular weight is 713 g/mol. The van der Waals surface area contributed by atoms with E-state index in [1.807, 2.05) is 84.0 Å². The van der Waals surface area contributed by atoms with Crippen molar-refractivity contribution < 1.29 is 33.3 Å². The Hall–Kier alpha value is -5.56. The summed E-state index contributed by atoms with van der Waals surface area (Å²) in [4.78, 5) is 46.6. The molecule has 3 N–H and O–H groups in total. The Labute approximate surface area is 304 Å². The van der Waals surface area contributed by atoms with E-state index in [1.54, 1.807) is 29.3 Å². The van der Waals surface area contributed by atoms with Crippen molar-refractivity contribution in [3.63, 3.8) is 0 Å². The molecule has 2 heterocycles. The van der Waals surface area contributed by atoms with Crippen LogP contribution in [0.5, 0.6) is 17.2 Å². The van der Waals surface area contributed by atoms with Gasteiger partial charge in [-0.2, -0.15) is 0 Å². The number of hydrogen-bond donors (Lipinski definition) is 3. The summed E-state index contributed by atoms with van der Waals surface area (Å²) in [7, 11) is 2.74. The van der Waals surface area contributed by atoms with Gasteiger partial charge in [0.15, 0.2) is 5.75 Å². The molecule has 1 aliphatic heterocycles. The van der Waals surface area contributed by atoms with Crippen molar-refractivity contribution in [2.75, 3.05) is 56.3 Å². The summed E-state index contributed by atoms with van der Waals surface area (Å²) in [5, 5.41) is 10.1. The second kappa shape index (κ2) is 15.8. The van der Waals surface area contributed by atoms with Gasteiger partial charge in [0, 0.05) is 55.8 Å². The van der Waals surface area contributed by atoms with Gasteiger partial charge in [-0.15, -0.1) is 0 Å². The summed E-state index contributed by atoms with van der Waals surface area (Å²) in [6.45, 7) is 14.9. The van der Waals surface area contributed by atoms with Crippen LogP contribution in [0.4, 0.5) is 31.4 Å². The molecule has 0 atom stereocenters. The molecule has 5 rings (SSSR count). The molecule has 1 aliphatic rings. The van der Waals surface area contributed by atoms with Crippen LogP contribution in [0.25, 0.3) is 10.8 Å². The highest BCUT2D eigenvalue weighted by atomic mass is 16.6. The summed E-state index contributed by atoms with van der Waals surface area (Å²) in [6, 6.07) is 18.1. The number of urea groups is 1. The molecule has 52 heavy (non-hydrogen) atoms. The van der Waals surface area contributed by atoms with Crippen LogP contribution < -0.4 is 25.4 Å². The van der Waals surface area contributed by atoms with Gasteiger partial charge in [-0.05, 0) is 62.1 Å². The maximum absolute atomic E-state index is 13.5. The average Bonchev–Trinajstić information content (AvgIpc) is 3.08. The Kier molecular flexibility index (Phi) is 11.4. The van der Waals surface area contributed by atoms with Gasteiger partial charge in [-0.1, -0.05) is 45.0 Å². The van der Waals surface area contributed by atoms with Crippen molar-refractivity contribution in [3.05, 3.63) is 78.1 Å². The third kappa shape index (κ3) is 9.60. The minimum atomic E-state index is -0.660. The molecule has 1 saturated heterocycles. The van der Waals surface area contributed by atoms with Crippen LogP contribution in [0.3, 0.4) is 0 Å². The van der Waals surface area contributed by atoms with E-state index in [1.165, 1.54) is 14.2 Å². The Morgan fingerprint density at radius 3 is 2.08 bits per heavy atom. The lowest BCUT2D eigenvalue weighted by Crippen LogP contribution is -2.49. The van der Waals surface area contributed by atoms with E-state index < -0.39 is 17.7 Å². The number of ether oxygens (including phenoxy) is 4. The summed E-state index contributed by atoms with van der Waals surface area (Å²) in [6.07, 6.45) is 0.773. The van der Waals surface area contributed by atoms with E-state index in [0.717, 1.165) is 22.0 Å². The summed E-state index contributed by atoms with van der Waals surface area (Å²) in [5.74, 6) is 1.52. The molecule has 4 amide bonds. The molecule has 0 bridgehead atoms. The summed E-state index contributed by atoms with van der Waals surface area (Å²) >= 11 is 0. The lowest BCUT2D eigenvalue weighted by Gasteiger charge is -2.35. The van der Waals surface area contributed by atoms with Crippen LogP contribution in [0.1, 0.15) is 52.8 Å². The number of nitrogens with zero attached hydrogens (tertiary/aromatic N) is 3. The van der Waals surface area contributed by atoms with E-state index >= 15 is 0 Å². The fraction of sp³-hybridized carbons (Fsp3) is 0.385. The van der Waals surface area contributed by atoms with Crippen molar-refractivity contribution in [1.82, 2.24) is 14.8 Å². The molecule has 0 spiro atoms. The van der Waals surface area contributed by atoms with Gasteiger partial charge in [-0.25, -0.2) is 14.4 Å².